The number of aromatic nitrogens is 2. The van der Waals surface area contributed by atoms with Crippen LogP contribution in [0.3, 0.4) is 0 Å². The minimum atomic E-state index is -0.615. The summed E-state index contributed by atoms with van der Waals surface area (Å²) in [6, 6.07) is 6.45. The lowest BCUT2D eigenvalue weighted by Gasteiger charge is -2.10. The van der Waals surface area contributed by atoms with Gasteiger partial charge in [-0.3, -0.25) is 0 Å². The van der Waals surface area contributed by atoms with Crippen molar-refractivity contribution in [1.29, 1.82) is 0 Å². The van der Waals surface area contributed by atoms with Gasteiger partial charge in [0.1, 0.15) is 10.8 Å². The Morgan fingerprint density at radius 1 is 1.40 bits per heavy atom. The standard InChI is InChI=1S/C13H15FN2O2S2/c1-9-15-16-13(20-9)19-8-11(17)7-18-6-10-4-2-3-5-12(10)14/h2-5,11,17H,6-8H2,1H3. The molecule has 108 valence electrons. The van der Waals surface area contributed by atoms with Crippen molar-refractivity contribution >= 4 is 23.1 Å². The maximum Gasteiger partial charge on any atom is 0.174 e. The Bertz CT molecular complexity index is 551. The summed E-state index contributed by atoms with van der Waals surface area (Å²) in [7, 11) is 0. The number of halogens is 1. The van der Waals surface area contributed by atoms with E-state index in [1.165, 1.54) is 29.2 Å². The fourth-order valence-corrected chi connectivity index (χ4v) is 3.22. The predicted octanol–water partition coefficient (Wildman–Crippen LogP) is 2.66. The average Bonchev–Trinajstić information content (AvgIpc) is 2.84. The summed E-state index contributed by atoms with van der Waals surface area (Å²) in [5, 5.41) is 18.5. The summed E-state index contributed by atoms with van der Waals surface area (Å²) < 4.78 is 19.5. The van der Waals surface area contributed by atoms with Crippen molar-refractivity contribution in [3.8, 4) is 0 Å². The molecule has 1 aromatic heterocycles. The minimum Gasteiger partial charge on any atom is -0.390 e. The van der Waals surface area contributed by atoms with Crippen molar-refractivity contribution in [3.63, 3.8) is 0 Å². The zero-order valence-corrected chi connectivity index (χ0v) is 12.6. The van der Waals surface area contributed by atoms with Gasteiger partial charge in [0.2, 0.25) is 0 Å². The highest BCUT2D eigenvalue weighted by Crippen LogP contribution is 2.22. The number of ether oxygens (including phenoxy) is 1. The van der Waals surface area contributed by atoms with Gasteiger partial charge in [-0.1, -0.05) is 41.3 Å². The van der Waals surface area contributed by atoms with Gasteiger partial charge in [-0.2, -0.15) is 0 Å². The van der Waals surface area contributed by atoms with E-state index in [0.717, 1.165) is 9.35 Å². The second-order valence-corrected chi connectivity index (χ2v) is 6.61. The summed E-state index contributed by atoms with van der Waals surface area (Å²) in [5.41, 5.74) is 0.493. The molecule has 1 heterocycles. The number of aliphatic hydroxyl groups excluding tert-OH is 1. The van der Waals surface area contributed by atoms with Crippen LogP contribution < -0.4 is 0 Å². The normalized spacial score (nSPS) is 12.6. The summed E-state index contributed by atoms with van der Waals surface area (Å²) in [5.74, 6) is 0.187. The van der Waals surface area contributed by atoms with Gasteiger partial charge in [0.15, 0.2) is 4.34 Å². The van der Waals surface area contributed by atoms with Gasteiger partial charge in [-0.25, -0.2) is 4.39 Å². The zero-order valence-electron chi connectivity index (χ0n) is 11.0. The number of hydrogen-bond donors (Lipinski definition) is 1. The van der Waals surface area contributed by atoms with Crippen LogP contribution in [0.1, 0.15) is 10.6 Å². The van der Waals surface area contributed by atoms with E-state index in [9.17, 15) is 9.50 Å². The van der Waals surface area contributed by atoms with E-state index >= 15 is 0 Å². The Balaban J connectivity index is 1.67. The number of aliphatic hydroxyl groups is 1. The molecule has 2 rings (SSSR count). The largest absolute Gasteiger partial charge is 0.390 e. The monoisotopic (exact) mass is 314 g/mol. The third-order valence-corrected chi connectivity index (χ3v) is 4.55. The first-order valence-corrected chi connectivity index (χ1v) is 7.87. The molecule has 0 radical (unpaired) electrons. The molecular formula is C13H15FN2O2S2. The second kappa shape index (κ2) is 7.68. The van der Waals surface area contributed by atoms with Crippen LogP contribution in [0.5, 0.6) is 0 Å². The molecule has 0 saturated carbocycles. The molecule has 1 unspecified atom stereocenters. The van der Waals surface area contributed by atoms with Gasteiger partial charge in [-0.15, -0.1) is 10.2 Å². The summed E-state index contributed by atoms with van der Waals surface area (Å²) in [6.07, 6.45) is -0.615. The number of thioether (sulfide) groups is 1. The Morgan fingerprint density at radius 2 is 2.20 bits per heavy atom. The Labute approximate surface area is 125 Å². The molecular weight excluding hydrogens is 299 g/mol. The number of hydrogen-bond acceptors (Lipinski definition) is 6. The fraction of sp³-hybridized carbons (Fsp3) is 0.385. The molecule has 0 aliphatic carbocycles. The molecule has 1 N–H and O–H groups in total. The number of nitrogens with zero attached hydrogens (tertiary/aromatic N) is 2. The van der Waals surface area contributed by atoms with E-state index in [2.05, 4.69) is 10.2 Å². The van der Waals surface area contributed by atoms with Crippen LogP contribution in [0.15, 0.2) is 28.6 Å². The number of rotatable bonds is 7. The van der Waals surface area contributed by atoms with Gasteiger partial charge >= 0.3 is 0 Å². The SMILES string of the molecule is Cc1nnc(SCC(O)COCc2ccccc2F)s1. The highest BCUT2D eigenvalue weighted by atomic mass is 32.2. The first kappa shape index (κ1) is 15.4. The molecule has 0 aliphatic heterocycles. The predicted molar refractivity (Wildman–Crippen MR) is 77.4 cm³/mol. The van der Waals surface area contributed by atoms with E-state index in [0.29, 0.717) is 11.3 Å². The Kier molecular flexibility index (Phi) is 5.90. The molecule has 0 saturated heterocycles. The van der Waals surface area contributed by atoms with Crippen molar-refractivity contribution in [3.05, 3.63) is 40.7 Å². The molecule has 1 atom stereocenters. The molecule has 0 amide bonds. The van der Waals surface area contributed by atoms with Crippen LogP contribution in [-0.2, 0) is 11.3 Å². The van der Waals surface area contributed by atoms with Crippen LogP contribution in [-0.4, -0.2) is 33.8 Å². The molecule has 0 bridgehead atoms. The van der Waals surface area contributed by atoms with Gasteiger partial charge in [0, 0.05) is 11.3 Å². The summed E-state index contributed by atoms with van der Waals surface area (Å²) in [4.78, 5) is 0. The number of benzene rings is 1. The highest BCUT2D eigenvalue weighted by molar-refractivity contribution is 8.01. The summed E-state index contributed by atoms with van der Waals surface area (Å²) in [6.45, 7) is 2.21. The highest BCUT2D eigenvalue weighted by Gasteiger charge is 2.09. The van der Waals surface area contributed by atoms with E-state index in [4.69, 9.17) is 4.74 Å². The minimum absolute atomic E-state index is 0.159. The van der Waals surface area contributed by atoms with E-state index in [1.54, 1.807) is 18.2 Å². The Hall–Kier alpha value is -1.02. The van der Waals surface area contributed by atoms with Crippen LogP contribution in [0.25, 0.3) is 0 Å². The van der Waals surface area contributed by atoms with E-state index in [1.807, 2.05) is 6.92 Å². The lowest BCUT2D eigenvalue weighted by Crippen LogP contribution is -2.18. The fourth-order valence-electron chi connectivity index (χ4n) is 1.47. The van der Waals surface area contributed by atoms with Crippen molar-refractivity contribution in [2.24, 2.45) is 0 Å². The molecule has 20 heavy (non-hydrogen) atoms. The molecule has 4 nitrogen and oxygen atoms in total. The Morgan fingerprint density at radius 3 is 2.90 bits per heavy atom. The third kappa shape index (κ3) is 4.82. The lowest BCUT2D eigenvalue weighted by atomic mass is 10.2. The van der Waals surface area contributed by atoms with E-state index < -0.39 is 6.10 Å². The van der Waals surface area contributed by atoms with Crippen LogP contribution >= 0.6 is 23.1 Å². The van der Waals surface area contributed by atoms with Gasteiger partial charge in [-0.05, 0) is 13.0 Å². The molecule has 1 aromatic carbocycles. The lowest BCUT2D eigenvalue weighted by molar-refractivity contribution is 0.0387. The maximum absolute atomic E-state index is 13.3. The van der Waals surface area contributed by atoms with Crippen LogP contribution in [0.2, 0.25) is 0 Å². The molecule has 2 aromatic rings. The maximum atomic E-state index is 13.3. The number of aryl methyl sites for hydroxylation is 1. The van der Waals surface area contributed by atoms with Crippen molar-refractivity contribution < 1.29 is 14.2 Å². The average molecular weight is 314 g/mol. The van der Waals surface area contributed by atoms with Crippen molar-refractivity contribution in [1.82, 2.24) is 10.2 Å². The first-order chi connectivity index (χ1) is 9.65. The second-order valence-electron chi connectivity index (χ2n) is 4.16. The molecule has 0 fully saturated rings. The molecule has 0 spiro atoms. The van der Waals surface area contributed by atoms with Gasteiger partial charge < -0.3 is 9.84 Å². The smallest absolute Gasteiger partial charge is 0.174 e. The summed E-state index contributed by atoms with van der Waals surface area (Å²) >= 11 is 2.93. The van der Waals surface area contributed by atoms with Crippen LogP contribution in [0, 0.1) is 12.7 Å². The quantitative estimate of drug-likeness (QED) is 0.796. The van der Waals surface area contributed by atoms with Gasteiger partial charge in [0.25, 0.3) is 0 Å². The topological polar surface area (TPSA) is 55.2 Å². The van der Waals surface area contributed by atoms with E-state index in [-0.39, 0.29) is 19.0 Å². The van der Waals surface area contributed by atoms with Crippen molar-refractivity contribution in [2.75, 3.05) is 12.4 Å². The first-order valence-electron chi connectivity index (χ1n) is 6.07. The molecule has 0 aliphatic rings. The zero-order chi connectivity index (χ0) is 14.4. The van der Waals surface area contributed by atoms with Crippen LogP contribution in [0.4, 0.5) is 4.39 Å². The van der Waals surface area contributed by atoms with Crippen molar-refractivity contribution in [2.45, 2.75) is 24.0 Å². The molecule has 7 heteroatoms. The third-order valence-electron chi connectivity index (χ3n) is 2.43. The van der Waals surface area contributed by atoms with Gasteiger partial charge in [0.05, 0.1) is 19.3 Å².